The van der Waals surface area contributed by atoms with Gasteiger partial charge in [-0.25, -0.2) is 4.79 Å². The zero-order valence-corrected chi connectivity index (χ0v) is 16.5. The van der Waals surface area contributed by atoms with Gasteiger partial charge < -0.3 is 14.8 Å². The lowest BCUT2D eigenvalue weighted by Gasteiger charge is -2.19. The zero-order valence-electron chi connectivity index (χ0n) is 15.7. The number of aromatic carboxylic acids is 1. The van der Waals surface area contributed by atoms with E-state index in [-0.39, 0.29) is 17.1 Å². The van der Waals surface area contributed by atoms with Gasteiger partial charge in [0.15, 0.2) is 0 Å². The minimum Gasteiger partial charge on any atom is -0.475 e. The number of rotatable bonds is 4. The van der Waals surface area contributed by atoms with E-state index in [1.807, 2.05) is 12.1 Å². The molecule has 0 spiro atoms. The summed E-state index contributed by atoms with van der Waals surface area (Å²) in [6.45, 7) is 6.34. The number of carbonyl (C=O) groups excluding carboxylic acids is 1. The molecule has 2 N–H and O–H groups in total. The summed E-state index contributed by atoms with van der Waals surface area (Å²) < 4.78 is 5.30. The Morgan fingerprint density at radius 1 is 1.00 bits per heavy atom. The van der Waals surface area contributed by atoms with Crippen LogP contribution in [0.5, 0.6) is 0 Å². The number of carboxylic acid groups (broad SMARTS) is 1. The van der Waals surface area contributed by atoms with E-state index in [1.165, 1.54) is 12.1 Å². The van der Waals surface area contributed by atoms with E-state index in [0.717, 1.165) is 5.56 Å². The number of carboxylic acids is 1. The highest BCUT2D eigenvalue weighted by Crippen LogP contribution is 2.32. The van der Waals surface area contributed by atoms with Gasteiger partial charge in [0.05, 0.1) is 5.02 Å². The van der Waals surface area contributed by atoms with Crippen molar-refractivity contribution in [3.05, 3.63) is 76.5 Å². The van der Waals surface area contributed by atoms with E-state index < -0.39 is 5.97 Å². The predicted octanol–water partition coefficient (Wildman–Crippen LogP) is 5.85. The van der Waals surface area contributed by atoms with Crippen LogP contribution in [0.2, 0.25) is 5.02 Å². The molecule has 3 aromatic rings. The molecule has 0 unspecified atom stereocenters. The predicted molar refractivity (Wildman–Crippen MR) is 109 cm³/mol. The number of hydrogen-bond acceptors (Lipinski definition) is 3. The van der Waals surface area contributed by atoms with Crippen LogP contribution in [0.15, 0.2) is 59.0 Å². The first-order chi connectivity index (χ1) is 13.1. The molecule has 28 heavy (non-hydrogen) atoms. The maximum Gasteiger partial charge on any atom is 0.371 e. The number of furan rings is 1. The van der Waals surface area contributed by atoms with Crippen LogP contribution in [0.4, 0.5) is 5.69 Å². The number of amides is 1. The number of benzene rings is 2. The van der Waals surface area contributed by atoms with Gasteiger partial charge in [0.1, 0.15) is 5.76 Å². The van der Waals surface area contributed by atoms with Crippen LogP contribution >= 0.6 is 11.6 Å². The summed E-state index contributed by atoms with van der Waals surface area (Å²) in [6, 6.07) is 15.3. The number of halogens is 1. The quantitative estimate of drug-likeness (QED) is 0.578. The van der Waals surface area contributed by atoms with E-state index >= 15 is 0 Å². The van der Waals surface area contributed by atoms with Crippen LogP contribution < -0.4 is 5.32 Å². The SMILES string of the molecule is CC(C)(C)c1ccc(C(=O)Nc2ccc(Cl)c(-c3ccc(C(=O)O)o3)c2)cc1. The fourth-order valence-corrected chi connectivity index (χ4v) is 2.92. The number of nitrogens with one attached hydrogen (secondary N) is 1. The molecule has 6 heteroatoms. The summed E-state index contributed by atoms with van der Waals surface area (Å²) in [5.41, 5.74) is 2.71. The van der Waals surface area contributed by atoms with Gasteiger partial charge in [0, 0.05) is 16.8 Å². The molecule has 0 bridgehead atoms. The molecule has 0 fully saturated rings. The minimum absolute atomic E-state index is 0.0118. The normalized spacial score (nSPS) is 11.3. The Morgan fingerprint density at radius 3 is 2.25 bits per heavy atom. The van der Waals surface area contributed by atoms with Crippen molar-refractivity contribution in [3.63, 3.8) is 0 Å². The molecule has 0 atom stereocenters. The van der Waals surface area contributed by atoms with Crippen LogP contribution in [0.25, 0.3) is 11.3 Å². The molecule has 3 rings (SSSR count). The zero-order chi connectivity index (χ0) is 20.5. The molecule has 0 saturated heterocycles. The average Bonchev–Trinajstić information content (AvgIpc) is 3.13. The lowest BCUT2D eigenvalue weighted by molar-refractivity contribution is 0.0663. The van der Waals surface area contributed by atoms with Crippen LogP contribution in [-0.4, -0.2) is 17.0 Å². The summed E-state index contributed by atoms with van der Waals surface area (Å²) in [7, 11) is 0. The molecular weight excluding hydrogens is 378 g/mol. The van der Waals surface area contributed by atoms with Crippen molar-refractivity contribution in [1.29, 1.82) is 0 Å². The van der Waals surface area contributed by atoms with E-state index in [1.54, 1.807) is 30.3 Å². The van der Waals surface area contributed by atoms with Gasteiger partial charge in [-0.15, -0.1) is 0 Å². The largest absolute Gasteiger partial charge is 0.475 e. The monoisotopic (exact) mass is 397 g/mol. The first kappa shape index (κ1) is 19.7. The first-order valence-corrected chi connectivity index (χ1v) is 9.08. The van der Waals surface area contributed by atoms with Crippen molar-refractivity contribution in [2.75, 3.05) is 5.32 Å². The molecule has 1 heterocycles. The summed E-state index contributed by atoms with van der Waals surface area (Å²) in [5.74, 6) is -1.28. The third-order valence-electron chi connectivity index (χ3n) is 4.32. The molecule has 0 aliphatic rings. The molecule has 0 saturated carbocycles. The average molecular weight is 398 g/mol. The van der Waals surface area contributed by atoms with Gasteiger partial charge >= 0.3 is 5.97 Å². The fourth-order valence-electron chi connectivity index (χ4n) is 2.71. The summed E-state index contributed by atoms with van der Waals surface area (Å²) in [4.78, 5) is 23.6. The second-order valence-electron chi connectivity index (χ2n) is 7.45. The Morgan fingerprint density at radius 2 is 1.68 bits per heavy atom. The highest BCUT2D eigenvalue weighted by atomic mass is 35.5. The fraction of sp³-hybridized carbons (Fsp3) is 0.182. The van der Waals surface area contributed by atoms with Crippen molar-refractivity contribution in [3.8, 4) is 11.3 Å². The maximum atomic E-state index is 12.6. The molecular formula is C22H20ClNO4. The smallest absolute Gasteiger partial charge is 0.371 e. The number of carbonyl (C=O) groups is 2. The van der Waals surface area contributed by atoms with Gasteiger partial charge in [-0.1, -0.05) is 44.5 Å². The molecule has 2 aromatic carbocycles. The van der Waals surface area contributed by atoms with Gasteiger partial charge in [0.25, 0.3) is 5.91 Å². The summed E-state index contributed by atoms with van der Waals surface area (Å²) in [6.07, 6.45) is 0. The Labute approximate surface area is 167 Å². The van der Waals surface area contributed by atoms with Crippen molar-refractivity contribution in [1.82, 2.24) is 0 Å². The molecule has 5 nitrogen and oxygen atoms in total. The lowest BCUT2D eigenvalue weighted by atomic mass is 9.87. The van der Waals surface area contributed by atoms with Crippen LogP contribution in [0.1, 0.15) is 47.2 Å². The summed E-state index contributed by atoms with van der Waals surface area (Å²) in [5, 5.41) is 12.2. The van der Waals surface area contributed by atoms with Crippen molar-refractivity contribution >= 4 is 29.2 Å². The summed E-state index contributed by atoms with van der Waals surface area (Å²) >= 11 is 6.21. The third kappa shape index (κ3) is 4.26. The van der Waals surface area contributed by atoms with E-state index in [0.29, 0.717) is 27.6 Å². The lowest BCUT2D eigenvalue weighted by Crippen LogP contribution is -2.14. The molecule has 0 aliphatic heterocycles. The highest BCUT2D eigenvalue weighted by molar-refractivity contribution is 6.33. The first-order valence-electron chi connectivity index (χ1n) is 8.70. The second-order valence-corrected chi connectivity index (χ2v) is 7.85. The Hall–Kier alpha value is -3.05. The van der Waals surface area contributed by atoms with Crippen molar-refractivity contribution in [2.45, 2.75) is 26.2 Å². The minimum atomic E-state index is -1.16. The molecule has 0 aliphatic carbocycles. The van der Waals surface area contributed by atoms with Crippen molar-refractivity contribution in [2.24, 2.45) is 0 Å². The molecule has 0 radical (unpaired) electrons. The highest BCUT2D eigenvalue weighted by Gasteiger charge is 2.16. The number of anilines is 1. The molecule has 1 amide bonds. The third-order valence-corrected chi connectivity index (χ3v) is 4.65. The molecule has 144 valence electrons. The Kier molecular flexibility index (Phi) is 5.29. The Bertz CT molecular complexity index is 1030. The van der Waals surface area contributed by atoms with E-state index in [2.05, 4.69) is 26.1 Å². The topological polar surface area (TPSA) is 79.5 Å². The van der Waals surface area contributed by atoms with Crippen LogP contribution in [0, 0.1) is 0 Å². The maximum absolute atomic E-state index is 12.6. The standard InChI is InChI=1S/C22H20ClNO4/c1-22(2,3)14-6-4-13(5-7-14)20(25)24-15-8-9-17(23)16(12-15)18-10-11-19(28-18)21(26)27/h4-12H,1-3H3,(H,24,25)(H,26,27). The molecule has 1 aromatic heterocycles. The second kappa shape index (κ2) is 7.52. The van der Waals surface area contributed by atoms with Gasteiger partial charge in [-0.2, -0.15) is 0 Å². The van der Waals surface area contributed by atoms with Crippen LogP contribution in [0.3, 0.4) is 0 Å². The van der Waals surface area contributed by atoms with Crippen LogP contribution in [-0.2, 0) is 5.41 Å². The van der Waals surface area contributed by atoms with E-state index in [9.17, 15) is 9.59 Å². The Balaban J connectivity index is 1.82. The number of hydrogen-bond donors (Lipinski definition) is 2. The van der Waals surface area contributed by atoms with Crippen molar-refractivity contribution < 1.29 is 19.1 Å². The van der Waals surface area contributed by atoms with E-state index in [4.69, 9.17) is 21.1 Å². The van der Waals surface area contributed by atoms with Gasteiger partial charge in [0.2, 0.25) is 5.76 Å². The van der Waals surface area contributed by atoms with Gasteiger partial charge in [-0.05, 0) is 53.4 Å². The van der Waals surface area contributed by atoms with Gasteiger partial charge in [-0.3, -0.25) is 4.79 Å².